The van der Waals surface area contributed by atoms with Crippen molar-refractivity contribution in [3.8, 4) is 5.75 Å². The van der Waals surface area contributed by atoms with Crippen molar-refractivity contribution >= 4 is 5.91 Å². The van der Waals surface area contributed by atoms with Crippen molar-refractivity contribution < 1.29 is 19.0 Å². The molecule has 0 spiro atoms. The van der Waals surface area contributed by atoms with E-state index in [1.54, 1.807) is 11.0 Å². The SMILES string of the molecule is O=C(COc1cccc(F)c1)N1CCC(CO)C1. The van der Waals surface area contributed by atoms with Crippen molar-refractivity contribution in [1.82, 2.24) is 4.90 Å². The van der Waals surface area contributed by atoms with Gasteiger partial charge in [-0.15, -0.1) is 0 Å². The maximum absolute atomic E-state index is 12.9. The second-order valence-electron chi connectivity index (χ2n) is 4.42. The van der Waals surface area contributed by atoms with Crippen LogP contribution in [0.2, 0.25) is 0 Å². The topological polar surface area (TPSA) is 49.8 Å². The van der Waals surface area contributed by atoms with Crippen molar-refractivity contribution in [1.29, 1.82) is 0 Å². The summed E-state index contributed by atoms with van der Waals surface area (Å²) in [6.07, 6.45) is 0.822. The van der Waals surface area contributed by atoms with E-state index in [1.807, 2.05) is 0 Å². The first-order chi connectivity index (χ1) is 8.69. The van der Waals surface area contributed by atoms with Crippen LogP contribution in [0.15, 0.2) is 24.3 Å². The quantitative estimate of drug-likeness (QED) is 0.872. The standard InChI is InChI=1S/C13H16FNO3/c14-11-2-1-3-12(6-11)18-9-13(17)15-5-4-10(7-15)8-16/h1-3,6,10,16H,4-5,7-9H2. The Bertz CT molecular complexity index is 424. The minimum atomic E-state index is -0.388. The molecule has 1 atom stereocenters. The van der Waals surface area contributed by atoms with Gasteiger partial charge in [-0.1, -0.05) is 6.07 Å². The summed E-state index contributed by atoms with van der Waals surface area (Å²) >= 11 is 0. The Morgan fingerprint density at radius 1 is 1.56 bits per heavy atom. The fraction of sp³-hybridized carbons (Fsp3) is 0.462. The number of hydrogen-bond donors (Lipinski definition) is 1. The van der Waals surface area contributed by atoms with Crippen molar-refractivity contribution in [2.45, 2.75) is 6.42 Å². The molecular formula is C13H16FNO3. The van der Waals surface area contributed by atoms with E-state index in [-0.39, 0.29) is 30.9 Å². The molecule has 0 saturated carbocycles. The number of hydrogen-bond acceptors (Lipinski definition) is 3. The Balaban J connectivity index is 1.82. The Hall–Kier alpha value is -1.62. The van der Waals surface area contributed by atoms with Gasteiger partial charge in [0.15, 0.2) is 6.61 Å². The maximum atomic E-state index is 12.9. The van der Waals surface area contributed by atoms with E-state index in [9.17, 15) is 9.18 Å². The predicted octanol–water partition coefficient (Wildman–Crippen LogP) is 1.05. The predicted molar refractivity (Wildman–Crippen MR) is 63.7 cm³/mol. The van der Waals surface area contributed by atoms with Gasteiger partial charge in [0.25, 0.3) is 5.91 Å². The van der Waals surface area contributed by atoms with Crippen LogP contribution in [0.4, 0.5) is 4.39 Å². The van der Waals surface area contributed by atoms with Crippen LogP contribution >= 0.6 is 0 Å². The lowest BCUT2D eigenvalue weighted by Crippen LogP contribution is -2.33. The minimum Gasteiger partial charge on any atom is -0.484 e. The molecule has 1 aromatic rings. The normalized spacial score (nSPS) is 19.0. The molecule has 1 aliphatic rings. The van der Waals surface area contributed by atoms with E-state index >= 15 is 0 Å². The zero-order chi connectivity index (χ0) is 13.0. The van der Waals surface area contributed by atoms with Crippen LogP contribution in [0, 0.1) is 11.7 Å². The molecule has 1 saturated heterocycles. The summed E-state index contributed by atoms with van der Waals surface area (Å²) in [6.45, 7) is 1.23. The highest BCUT2D eigenvalue weighted by Gasteiger charge is 2.25. The lowest BCUT2D eigenvalue weighted by atomic mass is 10.1. The van der Waals surface area contributed by atoms with Gasteiger partial charge >= 0.3 is 0 Å². The number of amides is 1. The first-order valence-electron chi connectivity index (χ1n) is 5.96. The van der Waals surface area contributed by atoms with Crippen LogP contribution in [0.3, 0.4) is 0 Å². The van der Waals surface area contributed by atoms with Crippen LogP contribution in [0.1, 0.15) is 6.42 Å². The minimum absolute atomic E-state index is 0.0956. The number of halogens is 1. The third-order valence-corrected chi connectivity index (χ3v) is 3.06. The van der Waals surface area contributed by atoms with Crippen LogP contribution in [-0.2, 0) is 4.79 Å². The number of ether oxygens (including phenoxy) is 1. The molecule has 98 valence electrons. The zero-order valence-electron chi connectivity index (χ0n) is 10.0. The Morgan fingerprint density at radius 2 is 2.39 bits per heavy atom. The summed E-state index contributed by atoms with van der Waals surface area (Å²) in [5, 5.41) is 8.99. The van der Waals surface area contributed by atoms with Gasteiger partial charge in [-0.25, -0.2) is 4.39 Å². The number of carbonyl (C=O) groups is 1. The molecule has 1 aromatic carbocycles. The van der Waals surface area contributed by atoms with Gasteiger partial charge in [-0.2, -0.15) is 0 Å². The Labute approximate surface area is 105 Å². The van der Waals surface area contributed by atoms with Gasteiger partial charge in [-0.3, -0.25) is 4.79 Å². The summed E-state index contributed by atoms with van der Waals surface area (Å²) in [5.74, 6) is 0.000974. The summed E-state index contributed by atoms with van der Waals surface area (Å²) in [7, 11) is 0. The summed E-state index contributed by atoms with van der Waals surface area (Å²) in [5.41, 5.74) is 0. The highest BCUT2D eigenvalue weighted by atomic mass is 19.1. The van der Waals surface area contributed by atoms with E-state index in [0.717, 1.165) is 6.42 Å². The van der Waals surface area contributed by atoms with Crippen LogP contribution in [-0.4, -0.2) is 42.2 Å². The molecule has 1 amide bonds. The Kier molecular flexibility index (Phi) is 4.15. The van der Waals surface area contributed by atoms with Crippen molar-refractivity contribution in [3.05, 3.63) is 30.1 Å². The van der Waals surface area contributed by atoms with Gasteiger partial charge in [0.1, 0.15) is 11.6 Å². The third-order valence-electron chi connectivity index (χ3n) is 3.06. The van der Waals surface area contributed by atoms with Gasteiger partial charge in [0.05, 0.1) is 0 Å². The van der Waals surface area contributed by atoms with E-state index in [1.165, 1.54) is 18.2 Å². The molecule has 5 heteroatoms. The molecule has 0 aromatic heterocycles. The van der Waals surface area contributed by atoms with Crippen molar-refractivity contribution in [3.63, 3.8) is 0 Å². The average molecular weight is 253 g/mol. The highest BCUT2D eigenvalue weighted by Crippen LogP contribution is 2.16. The van der Waals surface area contributed by atoms with Gasteiger partial charge < -0.3 is 14.7 Å². The number of nitrogens with zero attached hydrogens (tertiary/aromatic N) is 1. The highest BCUT2D eigenvalue weighted by molar-refractivity contribution is 5.78. The van der Waals surface area contributed by atoms with Crippen molar-refractivity contribution in [2.75, 3.05) is 26.3 Å². The van der Waals surface area contributed by atoms with Crippen LogP contribution < -0.4 is 4.74 Å². The molecule has 1 fully saturated rings. The number of aliphatic hydroxyl groups excluding tert-OH is 1. The molecule has 2 rings (SSSR count). The Morgan fingerprint density at radius 3 is 3.06 bits per heavy atom. The molecule has 1 aliphatic heterocycles. The molecule has 1 N–H and O–H groups in total. The lowest BCUT2D eigenvalue weighted by Gasteiger charge is -2.16. The van der Waals surface area contributed by atoms with E-state index in [4.69, 9.17) is 9.84 Å². The average Bonchev–Trinajstić information content (AvgIpc) is 2.85. The monoisotopic (exact) mass is 253 g/mol. The number of aliphatic hydroxyl groups is 1. The second-order valence-corrected chi connectivity index (χ2v) is 4.42. The van der Waals surface area contributed by atoms with Crippen LogP contribution in [0.5, 0.6) is 5.75 Å². The zero-order valence-corrected chi connectivity index (χ0v) is 10.0. The molecule has 1 unspecified atom stereocenters. The van der Waals surface area contributed by atoms with E-state index < -0.39 is 0 Å². The molecule has 4 nitrogen and oxygen atoms in total. The number of carbonyl (C=O) groups excluding carboxylic acids is 1. The molecule has 0 bridgehead atoms. The molecule has 18 heavy (non-hydrogen) atoms. The van der Waals surface area contributed by atoms with Crippen LogP contribution in [0.25, 0.3) is 0 Å². The summed E-state index contributed by atoms with van der Waals surface area (Å²) in [6, 6.07) is 5.71. The van der Waals surface area contributed by atoms with Gasteiger partial charge in [0, 0.05) is 31.7 Å². The van der Waals surface area contributed by atoms with Gasteiger partial charge in [-0.05, 0) is 18.6 Å². The second kappa shape index (κ2) is 5.82. The molecular weight excluding hydrogens is 237 g/mol. The number of likely N-dealkylation sites (tertiary alicyclic amines) is 1. The first kappa shape index (κ1) is 12.8. The smallest absolute Gasteiger partial charge is 0.260 e. The van der Waals surface area contributed by atoms with E-state index in [0.29, 0.717) is 18.8 Å². The third kappa shape index (κ3) is 3.20. The number of benzene rings is 1. The van der Waals surface area contributed by atoms with Gasteiger partial charge in [0.2, 0.25) is 0 Å². The summed E-state index contributed by atoms with van der Waals surface area (Å²) in [4.78, 5) is 13.5. The largest absolute Gasteiger partial charge is 0.484 e. The first-order valence-corrected chi connectivity index (χ1v) is 5.96. The van der Waals surface area contributed by atoms with Crippen molar-refractivity contribution in [2.24, 2.45) is 5.92 Å². The number of rotatable bonds is 4. The van der Waals surface area contributed by atoms with E-state index in [2.05, 4.69) is 0 Å². The lowest BCUT2D eigenvalue weighted by molar-refractivity contribution is -0.132. The summed E-state index contributed by atoms with van der Waals surface area (Å²) < 4.78 is 18.1. The molecule has 0 radical (unpaired) electrons. The molecule has 1 heterocycles. The maximum Gasteiger partial charge on any atom is 0.260 e. The fourth-order valence-electron chi connectivity index (χ4n) is 2.00. The fourth-order valence-corrected chi connectivity index (χ4v) is 2.00. The molecule has 0 aliphatic carbocycles.